The second-order valence-corrected chi connectivity index (χ2v) is 9.42. The molecule has 0 N–H and O–H groups in total. The van der Waals surface area contributed by atoms with Crippen LogP contribution in [0, 0.1) is 25.7 Å². The Labute approximate surface area is 182 Å². The number of benzene rings is 1. The molecule has 0 unspecified atom stereocenters. The summed E-state index contributed by atoms with van der Waals surface area (Å²) in [5.74, 6) is 1.20. The quantitative estimate of drug-likeness (QED) is 0.708. The SMILES string of the molecule is CC(=O)N1CCC(C(=O)N(CCCN2CCC(C)CC2)c2ccc(C)c(C)c2)CC1. The highest BCUT2D eigenvalue weighted by atomic mass is 16.2. The molecular formula is C25H39N3O2. The molecule has 1 aromatic carbocycles. The molecule has 0 atom stereocenters. The van der Waals surface area contributed by atoms with E-state index in [0.29, 0.717) is 13.1 Å². The first-order chi connectivity index (χ1) is 14.3. The van der Waals surface area contributed by atoms with Gasteiger partial charge in [-0.25, -0.2) is 0 Å². The van der Waals surface area contributed by atoms with E-state index in [1.165, 1.54) is 37.1 Å². The Kier molecular flexibility index (Phi) is 7.93. The standard InChI is InChI=1S/C25H39N3O2/c1-19-8-14-26(15-9-19)12-5-13-28(24-7-6-20(2)21(3)18-24)25(30)23-10-16-27(17-11-23)22(4)29/h6-7,18-19,23H,5,8-17H2,1-4H3. The van der Waals surface area contributed by atoms with Gasteiger partial charge in [-0.1, -0.05) is 13.0 Å². The van der Waals surface area contributed by atoms with E-state index in [9.17, 15) is 9.59 Å². The highest BCUT2D eigenvalue weighted by molar-refractivity contribution is 5.95. The molecule has 0 spiro atoms. The van der Waals surface area contributed by atoms with Crippen molar-refractivity contribution in [2.75, 3.05) is 44.2 Å². The molecule has 2 amide bonds. The summed E-state index contributed by atoms with van der Waals surface area (Å²) < 4.78 is 0. The zero-order valence-corrected chi connectivity index (χ0v) is 19.3. The van der Waals surface area contributed by atoms with Gasteiger partial charge in [0.25, 0.3) is 0 Å². The van der Waals surface area contributed by atoms with Crippen molar-refractivity contribution >= 4 is 17.5 Å². The minimum atomic E-state index is 0.0121. The van der Waals surface area contributed by atoms with Crippen LogP contribution in [0.4, 0.5) is 5.69 Å². The summed E-state index contributed by atoms with van der Waals surface area (Å²) >= 11 is 0. The van der Waals surface area contributed by atoms with Crippen molar-refractivity contribution in [3.05, 3.63) is 29.3 Å². The highest BCUT2D eigenvalue weighted by Gasteiger charge is 2.30. The number of hydrogen-bond acceptors (Lipinski definition) is 3. The summed E-state index contributed by atoms with van der Waals surface area (Å²) in [6.07, 6.45) is 5.11. The number of aryl methyl sites for hydroxylation is 2. The predicted molar refractivity (Wildman–Crippen MR) is 123 cm³/mol. The number of nitrogens with zero attached hydrogens (tertiary/aromatic N) is 3. The van der Waals surface area contributed by atoms with E-state index in [-0.39, 0.29) is 17.7 Å². The molecule has 2 aliphatic heterocycles. The lowest BCUT2D eigenvalue weighted by molar-refractivity contribution is -0.133. The average Bonchev–Trinajstić information content (AvgIpc) is 2.74. The summed E-state index contributed by atoms with van der Waals surface area (Å²) in [5.41, 5.74) is 3.49. The molecule has 0 bridgehead atoms. The van der Waals surface area contributed by atoms with Crippen molar-refractivity contribution in [3.63, 3.8) is 0 Å². The maximum Gasteiger partial charge on any atom is 0.230 e. The molecule has 30 heavy (non-hydrogen) atoms. The Morgan fingerprint density at radius 1 is 1.00 bits per heavy atom. The topological polar surface area (TPSA) is 43.9 Å². The molecule has 2 heterocycles. The van der Waals surface area contributed by atoms with Crippen LogP contribution in [0.5, 0.6) is 0 Å². The van der Waals surface area contributed by atoms with Gasteiger partial charge in [0.05, 0.1) is 0 Å². The number of piperidine rings is 2. The zero-order valence-electron chi connectivity index (χ0n) is 19.3. The lowest BCUT2D eigenvalue weighted by Gasteiger charge is -2.35. The van der Waals surface area contributed by atoms with Gasteiger partial charge in [0.2, 0.25) is 11.8 Å². The van der Waals surface area contributed by atoms with Gasteiger partial charge >= 0.3 is 0 Å². The van der Waals surface area contributed by atoms with Gasteiger partial charge in [0.15, 0.2) is 0 Å². The molecule has 5 heteroatoms. The van der Waals surface area contributed by atoms with E-state index in [0.717, 1.165) is 44.0 Å². The molecule has 2 aliphatic rings. The maximum absolute atomic E-state index is 13.5. The first-order valence-electron chi connectivity index (χ1n) is 11.7. The number of carbonyl (C=O) groups is 2. The zero-order chi connectivity index (χ0) is 21.7. The van der Waals surface area contributed by atoms with Gasteiger partial charge in [0, 0.05) is 38.2 Å². The Hall–Kier alpha value is -1.88. The number of amides is 2. The van der Waals surface area contributed by atoms with E-state index in [1.54, 1.807) is 6.92 Å². The number of hydrogen-bond donors (Lipinski definition) is 0. The number of carbonyl (C=O) groups excluding carboxylic acids is 2. The van der Waals surface area contributed by atoms with E-state index < -0.39 is 0 Å². The Morgan fingerprint density at radius 3 is 2.27 bits per heavy atom. The Morgan fingerprint density at radius 2 is 1.67 bits per heavy atom. The monoisotopic (exact) mass is 413 g/mol. The lowest BCUT2D eigenvalue weighted by atomic mass is 9.94. The molecule has 5 nitrogen and oxygen atoms in total. The summed E-state index contributed by atoms with van der Waals surface area (Å²) in [6, 6.07) is 6.36. The van der Waals surface area contributed by atoms with Crippen LogP contribution in [0.25, 0.3) is 0 Å². The van der Waals surface area contributed by atoms with Crippen LogP contribution in [-0.2, 0) is 9.59 Å². The van der Waals surface area contributed by atoms with Crippen molar-refractivity contribution in [1.29, 1.82) is 0 Å². The largest absolute Gasteiger partial charge is 0.343 e. The van der Waals surface area contributed by atoms with E-state index >= 15 is 0 Å². The molecule has 1 aromatic rings. The smallest absolute Gasteiger partial charge is 0.230 e. The fourth-order valence-corrected chi connectivity index (χ4v) is 4.66. The molecular weight excluding hydrogens is 374 g/mol. The van der Waals surface area contributed by atoms with Crippen LogP contribution in [-0.4, -0.2) is 60.9 Å². The van der Waals surface area contributed by atoms with Crippen molar-refractivity contribution in [1.82, 2.24) is 9.80 Å². The lowest BCUT2D eigenvalue weighted by Crippen LogP contribution is -2.45. The van der Waals surface area contributed by atoms with Crippen molar-refractivity contribution in [3.8, 4) is 0 Å². The highest BCUT2D eigenvalue weighted by Crippen LogP contribution is 2.26. The second kappa shape index (κ2) is 10.4. The molecule has 2 saturated heterocycles. The fourth-order valence-electron chi connectivity index (χ4n) is 4.66. The minimum Gasteiger partial charge on any atom is -0.343 e. The molecule has 0 saturated carbocycles. The first-order valence-corrected chi connectivity index (χ1v) is 11.7. The van der Waals surface area contributed by atoms with E-state index in [4.69, 9.17) is 0 Å². The molecule has 0 aromatic heterocycles. The normalized spacial score (nSPS) is 19.1. The summed E-state index contributed by atoms with van der Waals surface area (Å²) in [7, 11) is 0. The van der Waals surface area contributed by atoms with Crippen molar-refractivity contribution in [2.45, 2.75) is 59.8 Å². The Bertz CT molecular complexity index is 732. The summed E-state index contributed by atoms with van der Waals surface area (Å²) in [6.45, 7) is 13.8. The molecule has 0 radical (unpaired) electrons. The Balaban J connectivity index is 1.65. The van der Waals surface area contributed by atoms with Crippen LogP contribution < -0.4 is 4.90 Å². The summed E-state index contributed by atoms with van der Waals surface area (Å²) in [4.78, 5) is 31.6. The number of anilines is 1. The molecule has 2 fully saturated rings. The summed E-state index contributed by atoms with van der Waals surface area (Å²) in [5, 5.41) is 0. The van der Waals surface area contributed by atoms with Gasteiger partial charge in [-0.2, -0.15) is 0 Å². The average molecular weight is 414 g/mol. The minimum absolute atomic E-state index is 0.0121. The maximum atomic E-state index is 13.5. The first kappa shape index (κ1) is 22.8. The fraction of sp³-hybridized carbons (Fsp3) is 0.680. The molecule has 3 rings (SSSR count). The van der Waals surface area contributed by atoms with Crippen LogP contribution in [0.2, 0.25) is 0 Å². The van der Waals surface area contributed by atoms with E-state index in [2.05, 4.69) is 43.9 Å². The van der Waals surface area contributed by atoms with Gasteiger partial charge in [-0.3, -0.25) is 9.59 Å². The third kappa shape index (κ3) is 5.84. The number of rotatable bonds is 6. The van der Waals surface area contributed by atoms with Crippen LogP contribution in [0.15, 0.2) is 18.2 Å². The predicted octanol–water partition coefficient (Wildman–Crippen LogP) is 4.02. The molecule has 166 valence electrons. The van der Waals surface area contributed by atoms with Gasteiger partial charge in [-0.05, 0) is 94.8 Å². The van der Waals surface area contributed by atoms with Crippen LogP contribution in [0.3, 0.4) is 0 Å². The van der Waals surface area contributed by atoms with Crippen LogP contribution in [0.1, 0.15) is 57.1 Å². The van der Waals surface area contributed by atoms with Crippen molar-refractivity contribution in [2.24, 2.45) is 11.8 Å². The van der Waals surface area contributed by atoms with Gasteiger partial charge in [0.1, 0.15) is 0 Å². The van der Waals surface area contributed by atoms with Crippen molar-refractivity contribution < 1.29 is 9.59 Å². The molecule has 0 aliphatic carbocycles. The second-order valence-electron chi connectivity index (χ2n) is 9.42. The van der Waals surface area contributed by atoms with Crippen LogP contribution >= 0.6 is 0 Å². The van der Waals surface area contributed by atoms with E-state index in [1.807, 2.05) is 9.80 Å². The van der Waals surface area contributed by atoms with Gasteiger partial charge in [-0.15, -0.1) is 0 Å². The third-order valence-corrected chi connectivity index (χ3v) is 7.09. The number of likely N-dealkylation sites (tertiary alicyclic amines) is 2. The third-order valence-electron chi connectivity index (χ3n) is 7.09. The van der Waals surface area contributed by atoms with Gasteiger partial charge < -0.3 is 14.7 Å².